The Labute approximate surface area is 125 Å². The second-order valence-corrected chi connectivity index (χ2v) is 5.38. The van der Waals surface area contributed by atoms with Gasteiger partial charge in [-0.25, -0.2) is 9.78 Å². The number of carboxylic acids is 1. The monoisotopic (exact) mass is 309 g/mol. The second kappa shape index (κ2) is 7.17. The third kappa shape index (κ3) is 4.15. The van der Waals surface area contributed by atoms with Crippen LogP contribution >= 0.6 is 23.4 Å². The van der Waals surface area contributed by atoms with E-state index in [2.05, 4.69) is 4.98 Å². The molecule has 0 fully saturated rings. The Bertz CT molecular complexity index is 606. The lowest BCUT2D eigenvalue weighted by Gasteiger charge is -2.07. The number of carboxylic acid groups (broad SMARTS) is 1. The normalized spacial score (nSPS) is 10.2. The number of hydrogen-bond acceptors (Lipinski definition) is 4. The van der Waals surface area contributed by atoms with Crippen LogP contribution < -0.4 is 4.74 Å². The van der Waals surface area contributed by atoms with E-state index in [9.17, 15) is 4.79 Å². The van der Waals surface area contributed by atoms with Crippen molar-refractivity contribution in [2.75, 3.05) is 12.4 Å². The molecule has 0 radical (unpaired) electrons. The van der Waals surface area contributed by atoms with E-state index in [-0.39, 0.29) is 5.69 Å². The SMILES string of the molecule is O=C(O)c1cc(SCCOc2ccccc2Cl)ccn1. The fourth-order valence-corrected chi connectivity index (χ4v) is 2.44. The summed E-state index contributed by atoms with van der Waals surface area (Å²) in [6.07, 6.45) is 1.49. The molecule has 0 aliphatic heterocycles. The highest BCUT2D eigenvalue weighted by molar-refractivity contribution is 7.99. The molecule has 2 aromatic rings. The Morgan fingerprint density at radius 2 is 2.15 bits per heavy atom. The van der Waals surface area contributed by atoms with Crippen LogP contribution in [0.3, 0.4) is 0 Å². The molecule has 0 aliphatic rings. The van der Waals surface area contributed by atoms with Crippen molar-refractivity contribution < 1.29 is 14.6 Å². The molecule has 6 heteroatoms. The highest BCUT2D eigenvalue weighted by Gasteiger charge is 2.05. The van der Waals surface area contributed by atoms with Gasteiger partial charge in [0.15, 0.2) is 0 Å². The standard InChI is InChI=1S/C14H12ClNO3S/c15-11-3-1-2-4-13(11)19-7-8-20-10-5-6-16-12(9-10)14(17)18/h1-6,9H,7-8H2,(H,17,18). The maximum atomic E-state index is 10.8. The van der Waals surface area contributed by atoms with E-state index in [1.165, 1.54) is 18.0 Å². The van der Waals surface area contributed by atoms with Gasteiger partial charge in [-0.05, 0) is 24.3 Å². The van der Waals surface area contributed by atoms with Crippen molar-refractivity contribution in [1.29, 1.82) is 0 Å². The summed E-state index contributed by atoms with van der Waals surface area (Å²) >= 11 is 7.48. The van der Waals surface area contributed by atoms with Crippen LogP contribution in [0.2, 0.25) is 5.02 Å². The Balaban J connectivity index is 1.83. The molecule has 0 bridgehead atoms. The topological polar surface area (TPSA) is 59.4 Å². The molecule has 0 amide bonds. The van der Waals surface area contributed by atoms with Crippen LogP contribution in [0.1, 0.15) is 10.5 Å². The number of halogens is 1. The van der Waals surface area contributed by atoms with Gasteiger partial charge in [-0.2, -0.15) is 0 Å². The van der Waals surface area contributed by atoms with Crippen LogP contribution in [0.25, 0.3) is 0 Å². The van der Waals surface area contributed by atoms with E-state index >= 15 is 0 Å². The molecular weight excluding hydrogens is 298 g/mol. The number of carbonyl (C=O) groups is 1. The number of rotatable bonds is 6. The number of nitrogens with zero attached hydrogens (tertiary/aromatic N) is 1. The molecular formula is C14H12ClNO3S. The number of ether oxygens (including phenoxy) is 1. The molecule has 0 unspecified atom stereocenters. The zero-order chi connectivity index (χ0) is 14.4. The highest BCUT2D eigenvalue weighted by atomic mass is 35.5. The van der Waals surface area contributed by atoms with Crippen molar-refractivity contribution in [3.8, 4) is 5.75 Å². The Hall–Kier alpha value is -1.72. The Morgan fingerprint density at radius 3 is 2.90 bits per heavy atom. The van der Waals surface area contributed by atoms with Gasteiger partial charge in [0.1, 0.15) is 11.4 Å². The minimum atomic E-state index is -1.03. The highest BCUT2D eigenvalue weighted by Crippen LogP contribution is 2.24. The molecule has 1 heterocycles. The van der Waals surface area contributed by atoms with E-state index in [0.717, 1.165) is 4.90 Å². The molecule has 20 heavy (non-hydrogen) atoms. The summed E-state index contributed by atoms with van der Waals surface area (Å²) in [7, 11) is 0. The quantitative estimate of drug-likeness (QED) is 0.652. The first-order chi connectivity index (χ1) is 9.66. The Morgan fingerprint density at radius 1 is 1.35 bits per heavy atom. The predicted octanol–water partition coefficient (Wildman–Crippen LogP) is 3.60. The summed E-state index contributed by atoms with van der Waals surface area (Å²) in [5.41, 5.74) is 0.0435. The summed E-state index contributed by atoms with van der Waals surface area (Å²) < 4.78 is 5.55. The van der Waals surface area contributed by atoms with Gasteiger partial charge in [-0.3, -0.25) is 0 Å². The van der Waals surface area contributed by atoms with Crippen molar-refractivity contribution in [2.24, 2.45) is 0 Å². The van der Waals surface area contributed by atoms with Gasteiger partial charge >= 0.3 is 5.97 Å². The minimum absolute atomic E-state index is 0.0435. The van der Waals surface area contributed by atoms with Crippen LogP contribution in [-0.4, -0.2) is 28.4 Å². The number of aromatic nitrogens is 1. The molecule has 0 saturated heterocycles. The largest absolute Gasteiger partial charge is 0.491 e. The summed E-state index contributed by atoms with van der Waals surface area (Å²) in [6, 6.07) is 10.6. The van der Waals surface area contributed by atoms with Crippen molar-refractivity contribution >= 4 is 29.3 Å². The lowest BCUT2D eigenvalue weighted by molar-refractivity contribution is 0.0690. The molecule has 104 valence electrons. The van der Waals surface area contributed by atoms with Gasteiger partial charge in [-0.1, -0.05) is 23.7 Å². The lowest BCUT2D eigenvalue weighted by atomic mass is 10.3. The smallest absolute Gasteiger partial charge is 0.354 e. The third-order valence-electron chi connectivity index (χ3n) is 2.40. The van der Waals surface area contributed by atoms with Gasteiger partial charge in [0.2, 0.25) is 0 Å². The maximum absolute atomic E-state index is 10.8. The van der Waals surface area contributed by atoms with Gasteiger partial charge in [0.05, 0.1) is 11.6 Å². The zero-order valence-electron chi connectivity index (χ0n) is 10.5. The fourth-order valence-electron chi connectivity index (χ4n) is 1.49. The predicted molar refractivity (Wildman–Crippen MR) is 78.9 cm³/mol. The van der Waals surface area contributed by atoms with E-state index in [1.807, 2.05) is 18.2 Å². The first kappa shape index (κ1) is 14.7. The lowest BCUT2D eigenvalue weighted by Crippen LogP contribution is -2.02. The molecule has 1 aromatic heterocycles. The number of benzene rings is 1. The molecule has 1 aromatic carbocycles. The summed E-state index contributed by atoms with van der Waals surface area (Å²) in [5, 5.41) is 9.43. The molecule has 0 saturated carbocycles. The van der Waals surface area contributed by atoms with Gasteiger partial charge in [0, 0.05) is 16.8 Å². The molecule has 0 atom stereocenters. The van der Waals surface area contributed by atoms with Crippen molar-refractivity contribution in [1.82, 2.24) is 4.98 Å². The number of para-hydroxylation sites is 1. The van der Waals surface area contributed by atoms with Gasteiger partial charge < -0.3 is 9.84 Å². The maximum Gasteiger partial charge on any atom is 0.354 e. The van der Waals surface area contributed by atoms with Crippen molar-refractivity contribution in [3.05, 3.63) is 53.3 Å². The Kier molecular flexibility index (Phi) is 5.26. The first-order valence-electron chi connectivity index (χ1n) is 5.86. The zero-order valence-corrected chi connectivity index (χ0v) is 12.0. The van der Waals surface area contributed by atoms with Gasteiger partial charge in [-0.15, -0.1) is 11.8 Å². The molecule has 0 aliphatic carbocycles. The van der Waals surface area contributed by atoms with Crippen molar-refractivity contribution in [2.45, 2.75) is 4.90 Å². The average Bonchev–Trinajstić information content (AvgIpc) is 2.45. The van der Waals surface area contributed by atoms with E-state index < -0.39 is 5.97 Å². The molecule has 4 nitrogen and oxygen atoms in total. The average molecular weight is 310 g/mol. The van der Waals surface area contributed by atoms with E-state index in [1.54, 1.807) is 18.2 Å². The summed E-state index contributed by atoms with van der Waals surface area (Å²) in [6.45, 7) is 0.485. The minimum Gasteiger partial charge on any atom is -0.491 e. The number of aromatic carboxylic acids is 1. The third-order valence-corrected chi connectivity index (χ3v) is 3.67. The first-order valence-corrected chi connectivity index (χ1v) is 7.22. The second-order valence-electron chi connectivity index (χ2n) is 3.81. The summed E-state index contributed by atoms with van der Waals surface area (Å²) in [5.74, 6) is 0.310. The molecule has 1 N–H and O–H groups in total. The number of pyridine rings is 1. The van der Waals surface area contributed by atoms with Crippen molar-refractivity contribution in [3.63, 3.8) is 0 Å². The van der Waals surface area contributed by atoms with E-state index in [4.69, 9.17) is 21.4 Å². The van der Waals surface area contributed by atoms with E-state index in [0.29, 0.717) is 23.1 Å². The van der Waals surface area contributed by atoms with Crippen LogP contribution in [0, 0.1) is 0 Å². The van der Waals surface area contributed by atoms with Crippen LogP contribution in [-0.2, 0) is 0 Å². The number of thioether (sulfide) groups is 1. The van der Waals surface area contributed by atoms with Crippen LogP contribution in [0.5, 0.6) is 5.75 Å². The summed E-state index contributed by atoms with van der Waals surface area (Å²) in [4.78, 5) is 15.4. The van der Waals surface area contributed by atoms with Crippen LogP contribution in [0.4, 0.5) is 0 Å². The van der Waals surface area contributed by atoms with Gasteiger partial charge in [0.25, 0.3) is 0 Å². The number of hydrogen-bond donors (Lipinski definition) is 1. The molecule has 2 rings (SSSR count). The fraction of sp³-hybridized carbons (Fsp3) is 0.143. The molecule has 0 spiro atoms. The van der Waals surface area contributed by atoms with Crippen LogP contribution in [0.15, 0.2) is 47.5 Å².